The van der Waals surface area contributed by atoms with Gasteiger partial charge in [0.1, 0.15) is 6.04 Å². The van der Waals surface area contributed by atoms with E-state index >= 15 is 0 Å². The molecular formula is C10H17N3O5. The van der Waals surface area contributed by atoms with Gasteiger partial charge in [0, 0.05) is 26.1 Å². The molecule has 2 fully saturated rings. The minimum absolute atomic E-state index is 0.0488. The van der Waals surface area contributed by atoms with Gasteiger partial charge < -0.3 is 19.8 Å². The minimum atomic E-state index is -1.09. The summed E-state index contributed by atoms with van der Waals surface area (Å²) in [7, 11) is 0. The Morgan fingerprint density at radius 2 is 1.94 bits per heavy atom. The predicted octanol–water partition coefficient (Wildman–Crippen LogP) is -1.54. The second kappa shape index (κ2) is 5.51. The molecule has 102 valence electrons. The van der Waals surface area contributed by atoms with E-state index in [-0.39, 0.29) is 13.0 Å². The summed E-state index contributed by atoms with van der Waals surface area (Å²) in [5.41, 5.74) is 2.63. The van der Waals surface area contributed by atoms with E-state index in [0.717, 1.165) is 4.90 Å². The normalized spacial score (nSPS) is 29.3. The van der Waals surface area contributed by atoms with Crippen molar-refractivity contribution in [3.63, 3.8) is 0 Å². The lowest BCUT2D eigenvalue weighted by Crippen LogP contribution is -2.54. The van der Waals surface area contributed by atoms with Crippen LogP contribution in [0.3, 0.4) is 0 Å². The number of aliphatic carboxylic acids is 1. The van der Waals surface area contributed by atoms with Gasteiger partial charge in [0.15, 0.2) is 0 Å². The third-order valence-electron chi connectivity index (χ3n) is 3.09. The Balaban J connectivity index is 1.92. The van der Waals surface area contributed by atoms with Crippen molar-refractivity contribution in [1.82, 2.24) is 15.3 Å². The summed E-state index contributed by atoms with van der Waals surface area (Å²) in [5.74, 6) is -1.09. The van der Waals surface area contributed by atoms with Gasteiger partial charge >= 0.3 is 12.0 Å². The molecule has 2 aliphatic heterocycles. The number of carbonyl (C=O) groups is 2. The fourth-order valence-electron chi connectivity index (χ4n) is 2.15. The molecule has 0 saturated carbocycles. The Labute approximate surface area is 104 Å². The number of morpholine rings is 1. The molecule has 3 N–H and O–H groups in total. The average Bonchev–Trinajstić information content (AvgIpc) is 2.73. The van der Waals surface area contributed by atoms with E-state index in [1.54, 1.807) is 5.01 Å². The molecule has 0 radical (unpaired) electrons. The number of urea groups is 1. The quantitative estimate of drug-likeness (QED) is 0.555. The number of nitrogens with one attached hydrogen (secondary N) is 1. The van der Waals surface area contributed by atoms with Gasteiger partial charge in [0.25, 0.3) is 0 Å². The van der Waals surface area contributed by atoms with Crippen LogP contribution >= 0.6 is 0 Å². The molecule has 8 heteroatoms. The second-order valence-electron chi connectivity index (χ2n) is 4.41. The van der Waals surface area contributed by atoms with Gasteiger partial charge in [-0.25, -0.2) is 14.6 Å². The maximum Gasteiger partial charge on any atom is 0.332 e. The molecule has 0 aromatic carbocycles. The highest BCUT2D eigenvalue weighted by Gasteiger charge is 2.39. The fraction of sp³-hybridized carbons (Fsp3) is 0.800. The number of hydrogen-bond acceptors (Lipinski definition) is 5. The van der Waals surface area contributed by atoms with E-state index in [2.05, 4.69) is 5.43 Å². The van der Waals surface area contributed by atoms with Crippen LogP contribution in [-0.2, 0) is 9.53 Å². The molecule has 0 spiro atoms. The SMILES string of the molecule is O=C(O)[C@H]1C[C@@H](O)CN1C(=O)NN1CCOCC1. The summed E-state index contributed by atoms with van der Waals surface area (Å²) in [6, 6.07) is -1.44. The molecule has 0 aliphatic carbocycles. The smallest absolute Gasteiger partial charge is 0.332 e. The Morgan fingerprint density at radius 3 is 2.56 bits per heavy atom. The Hall–Kier alpha value is -1.38. The third-order valence-corrected chi connectivity index (χ3v) is 3.09. The second-order valence-corrected chi connectivity index (χ2v) is 4.41. The number of aliphatic hydroxyl groups is 1. The van der Waals surface area contributed by atoms with Crippen molar-refractivity contribution >= 4 is 12.0 Å². The lowest BCUT2D eigenvalue weighted by atomic mass is 10.2. The highest BCUT2D eigenvalue weighted by molar-refractivity contribution is 5.83. The predicted molar refractivity (Wildman–Crippen MR) is 59.7 cm³/mol. The van der Waals surface area contributed by atoms with Crippen LogP contribution in [0.2, 0.25) is 0 Å². The first-order chi connectivity index (χ1) is 8.58. The molecule has 0 unspecified atom stereocenters. The number of β-amino-alcohol motifs (C(OH)–C–C–N with tert-alkyl or cyclic N) is 1. The first-order valence-corrected chi connectivity index (χ1v) is 5.88. The Morgan fingerprint density at radius 1 is 1.28 bits per heavy atom. The van der Waals surface area contributed by atoms with E-state index in [1.807, 2.05) is 0 Å². The molecule has 8 nitrogen and oxygen atoms in total. The number of hydrogen-bond donors (Lipinski definition) is 3. The summed E-state index contributed by atoms with van der Waals surface area (Å²) in [4.78, 5) is 24.1. The highest BCUT2D eigenvalue weighted by atomic mass is 16.5. The van der Waals surface area contributed by atoms with Crippen molar-refractivity contribution in [3.8, 4) is 0 Å². The van der Waals surface area contributed by atoms with E-state index in [1.165, 1.54) is 0 Å². The number of nitrogens with zero attached hydrogens (tertiary/aromatic N) is 2. The van der Waals surface area contributed by atoms with Crippen LogP contribution in [-0.4, -0.2) is 77.1 Å². The highest BCUT2D eigenvalue weighted by Crippen LogP contribution is 2.18. The van der Waals surface area contributed by atoms with Gasteiger partial charge in [0.2, 0.25) is 0 Å². The van der Waals surface area contributed by atoms with Gasteiger partial charge in [-0.2, -0.15) is 0 Å². The average molecular weight is 259 g/mol. The van der Waals surface area contributed by atoms with Crippen LogP contribution in [0.4, 0.5) is 4.79 Å². The molecule has 0 aromatic heterocycles. The zero-order valence-corrected chi connectivity index (χ0v) is 9.91. The first kappa shape index (κ1) is 13.1. The number of carboxylic acids is 1. The van der Waals surface area contributed by atoms with Crippen molar-refractivity contribution in [2.45, 2.75) is 18.6 Å². The molecule has 2 atom stereocenters. The van der Waals surface area contributed by atoms with Gasteiger partial charge in [-0.3, -0.25) is 5.43 Å². The zero-order chi connectivity index (χ0) is 13.1. The summed E-state index contributed by atoms with van der Waals surface area (Å²) >= 11 is 0. The number of rotatable bonds is 2. The van der Waals surface area contributed by atoms with Crippen LogP contribution in [0.5, 0.6) is 0 Å². The fourth-order valence-corrected chi connectivity index (χ4v) is 2.15. The first-order valence-electron chi connectivity index (χ1n) is 5.88. The van der Waals surface area contributed by atoms with E-state index < -0.39 is 24.1 Å². The summed E-state index contributed by atoms with van der Waals surface area (Å²) < 4.78 is 5.14. The van der Waals surface area contributed by atoms with E-state index in [0.29, 0.717) is 26.3 Å². The maximum atomic E-state index is 11.9. The van der Waals surface area contributed by atoms with Crippen molar-refractivity contribution in [2.24, 2.45) is 0 Å². The largest absolute Gasteiger partial charge is 0.480 e. The summed E-state index contributed by atoms with van der Waals surface area (Å²) in [6.07, 6.45) is -0.701. The van der Waals surface area contributed by atoms with Crippen molar-refractivity contribution < 1.29 is 24.5 Å². The molecule has 2 amide bonds. The number of carboxylic acid groups (broad SMARTS) is 1. The number of aliphatic hydroxyl groups excluding tert-OH is 1. The minimum Gasteiger partial charge on any atom is -0.480 e. The number of carbonyl (C=O) groups excluding carboxylic acids is 1. The number of likely N-dealkylation sites (tertiary alicyclic amines) is 1. The van der Waals surface area contributed by atoms with Crippen LogP contribution in [0.1, 0.15) is 6.42 Å². The van der Waals surface area contributed by atoms with Crippen LogP contribution in [0.15, 0.2) is 0 Å². The molecule has 0 bridgehead atoms. The molecule has 2 heterocycles. The molecule has 2 saturated heterocycles. The number of amides is 2. The number of hydrazine groups is 1. The molecule has 18 heavy (non-hydrogen) atoms. The molecular weight excluding hydrogens is 242 g/mol. The van der Waals surface area contributed by atoms with Crippen LogP contribution in [0, 0.1) is 0 Å². The van der Waals surface area contributed by atoms with Crippen molar-refractivity contribution in [3.05, 3.63) is 0 Å². The van der Waals surface area contributed by atoms with Gasteiger partial charge in [-0.1, -0.05) is 0 Å². The summed E-state index contributed by atoms with van der Waals surface area (Å²) in [6.45, 7) is 2.25. The van der Waals surface area contributed by atoms with E-state index in [9.17, 15) is 14.7 Å². The van der Waals surface area contributed by atoms with Crippen LogP contribution < -0.4 is 5.43 Å². The Kier molecular flexibility index (Phi) is 4.00. The lowest BCUT2D eigenvalue weighted by molar-refractivity contribution is -0.141. The topological polar surface area (TPSA) is 102 Å². The number of ether oxygens (including phenoxy) is 1. The third kappa shape index (κ3) is 2.89. The summed E-state index contributed by atoms with van der Waals surface area (Å²) in [5, 5.41) is 20.1. The maximum absolute atomic E-state index is 11.9. The van der Waals surface area contributed by atoms with Crippen molar-refractivity contribution in [2.75, 3.05) is 32.8 Å². The monoisotopic (exact) mass is 259 g/mol. The van der Waals surface area contributed by atoms with Crippen molar-refractivity contribution in [1.29, 1.82) is 0 Å². The lowest BCUT2D eigenvalue weighted by Gasteiger charge is -2.30. The van der Waals surface area contributed by atoms with Gasteiger partial charge in [0.05, 0.1) is 19.3 Å². The van der Waals surface area contributed by atoms with E-state index in [4.69, 9.17) is 9.84 Å². The standard InChI is InChI=1S/C10H17N3O5/c14-7-5-8(9(15)16)13(6-7)10(17)11-12-1-3-18-4-2-12/h7-8,14H,1-6H2,(H,11,17)(H,15,16)/t7-,8-/m1/s1. The molecule has 2 aliphatic rings. The van der Waals surface area contributed by atoms with Gasteiger partial charge in [-0.15, -0.1) is 0 Å². The molecule has 0 aromatic rings. The molecule has 2 rings (SSSR count). The van der Waals surface area contributed by atoms with Gasteiger partial charge in [-0.05, 0) is 0 Å². The Bertz CT molecular complexity index is 331. The zero-order valence-electron chi connectivity index (χ0n) is 9.91. The van der Waals surface area contributed by atoms with Crippen LogP contribution in [0.25, 0.3) is 0 Å².